The molecule has 0 aliphatic carbocycles. The smallest absolute Gasteiger partial charge is 0.414 e. The minimum absolute atomic E-state index is 0.174. The fraction of sp³-hybridized carbons (Fsp3) is 0.435. The Morgan fingerprint density at radius 3 is 2.71 bits per heavy atom. The Balaban J connectivity index is 1.42. The number of carbonyl (C=O) groups excluding carboxylic acids is 1. The summed E-state index contributed by atoms with van der Waals surface area (Å²) in [5, 5.41) is 21.8. The molecular weight excluding hydrogens is 441 g/mol. The van der Waals surface area contributed by atoms with Gasteiger partial charge in [0.2, 0.25) is 5.82 Å². The first-order valence-corrected chi connectivity index (χ1v) is 11.4. The zero-order valence-electron chi connectivity index (χ0n) is 19.3. The van der Waals surface area contributed by atoms with E-state index in [0.717, 1.165) is 26.1 Å². The minimum Gasteiger partial charge on any atom is -0.441 e. The van der Waals surface area contributed by atoms with Crippen molar-refractivity contribution >= 4 is 11.8 Å². The third kappa shape index (κ3) is 5.20. The van der Waals surface area contributed by atoms with Crippen LogP contribution in [-0.4, -0.2) is 80.2 Å². The van der Waals surface area contributed by atoms with Gasteiger partial charge in [-0.3, -0.25) is 9.88 Å². The Hall–Kier alpha value is -3.44. The van der Waals surface area contributed by atoms with Gasteiger partial charge < -0.3 is 14.7 Å². The number of benzene rings is 1. The number of aryl methyl sites for hydroxylation is 1. The van der Waals surface area contributed by atoms with Crippen molar-refractivity contribution in [1.29, 1.82) is 0 Å². The van der Waals surface area contributed by atoms with Crippen molar-refractivity contribution in [3.05, 3.63) is 42.3 Å². The van der Waals surface area contributed by atoms with Crippen LogP contribution in [0.1, 0.15) is 20.3 Å². The highest BCUT2D eigenvalue weighted by atomic mass is 19.1. The highest BCUT2D eigenvalue weighted by molar-refractivity contribution is 5.90. The van der Waals surface area contributed by atoms with Crippen LogP contribution in [0, 0.1) is 5.82 Å². The van der Waals surface area contributed by atoms with Crippen LogP contribution in [0.15, 0.2) is 36.5 Å². The maximum atomic E-state index is 14.9. The van der Waals surface area contributed by atoms with Crippen LogP contribution in [0.2, 0.25) is 0 Å². The summed E-state index contributed by atoms with van der Waals surface area (Å²) < 4.78 is 19.9. The average molecular weight is 470 g/mol. The third-order valence-corrected chi connectivity index (χ3v) is 5.83. The number of aliphatic hydroxyl groups is 1. The number of cyclic esters (lactones) is 1. The first-order chi connectivity index (χ1) is 16.5. The lowest BCUT2D eigenvalue weighted by atomic mass is 10.1. The Labute approximate surface area is 197 Å². The largest absolute Gasteiger partial charge is 0.441 e. The van der Waals surface area contributed by atoms with E-state index in [4.69, 9.17) is 4.74 Å². The summed E-state index contributed by atoms with van der Waals surface area (Å²) in [5.41, 5.74) is 1.85. The predicted octanol–water partition coefficient (Wildman–Crippen LogP) is 2.59. The van der Waals surface area contributed by atoms with Gasteiger partial charge in [-0.05, 0) is 55.5 Å². The molecule has 1 aromatic carbocycles. The first kappa shape index (κ1) is 23.7. The van der Waals surface area contributed by atoms with Crippen LogP contribution in [0.4, 0.5) is 14.9 Å². The van der Waals surface area contributed by atoms with Crippen LogP contribution in [0.5, 0.6) is 0 Å². The molecule has 180 valence electrons. The molecule has 34 heavy (non-hydrogen) atoms. The molecule has 1 fully saturated rings. The van der Waals surface area contributed by atoms with E-state index in [1.807, 2.05) is 0 Å². The number of aliphatic hydroxyl groups excluding tert-OH is 1. The number of halogens is 1. The van der Waals surface area contributed by atoms with E-state index in [1.165, 1.54) is 11.0 Å². The summed E-state index contributed by atoms with van der Waals surface area (Å²) in [7, 11) is 0. The van der Waals surface area contributed by atoms with E-state index in [1.54, 1.807) is 35.3 Å². The fourth-order valence-corrected chi connectivity index (χ4v) is 3.84. The Morgan fingerprint density at radius 2 is 2.06 bits per heavy atom. The monoisotopic (exact) mass is 469 g/mol. The maximum Gasteiger partial charge on any atom is 0.414 e. The highest BCUT2D eigenvalue weighted by Crippen LogP contribution is 2.29. The molecule has 1 saturated heterocycles. The molecular formula is C23H28FN7O3. The van der Waals surface area contributed by atoms with Gasteiger partial charge in [0.25, 0.3) is 0 Å². The quantitative estimate of drug-likeness (QED) is 0.483. The number of hydrogen-bond donors (Lipinski definition) is 1. The normalized spacial score (nSPS) is 15.9. The van der Waals surface area contributed by atoms with Crippen molar-refractivity contribution in [2.45, 2.75) is 32.9 Å². The van der Waals surface area contributed by atoms with E-state index < -0.39 is 18.0 Å². The van der Waals surface area contributed by atoms with Crippen molar-refractivity contribution < 1.29 is 19.0 Å². The number of aromatic nitrogens is 5. The van der Waals surface area contributed by atoms with Crippen LogP contribution in [0.3, 0.4) is 0 Å². The summed E-state index contributed by atoms with van der Waals surface area (Å²) >= 11 is 0. The van der Waals surface area contributed by atoms with E-state index in [9.17, 15) is 14.3 Å². The molecule has 3 aromatic rings. The summed E-state index contributed by atoms with van der Waals surface area (Å²) in [6.45, 7) is 7.85. The van der Waals surface area contributed by atoms with Crippen LogP contribution in [0.25, 0.3) is 22.6 Å². The van der Waals surface area contributed by atoms with E-state index in [-0.39, 0.29) is 13.2 Å². The molecule has 2 aromatic heterocycles. The van der Waals surface area contributed by atoms with Crippen molar-refractivity contribution in [2.75, 3.05) is 37.7 Å². The van der Waals surface area contributed by atoms with Crippen molar-refractivity contribution in [3.8, 4) is 22.6 Å². The molecule has 0 radical (unpaired) electrons. The summed E-state index contributed by atoms with van der Waals surface area (Å²) in [6.07, 6.45) is 1.27. The van der Waals surface area contributed by atoms with E-state index in [2.05, 4.69) is 39.1 Å². The fourth-order valence-electron chi connectivity index (χ4n) is 3.84. The Bertz CT molecular complexity index is 1120. The lowest BCUT2D eigenvalue weighted by Gasteiger charge is -2.16. The summed E-state index contributed by atoms with van der Waals surface area (Å²) in [5.74, 6) is -0.0826. The number of carbonyl (C=O) groups is 1. The molecule has 1 N–H and O–H groups in total. The van der Waals surface area contributed by atoms with Gasteiger partial charge in [0, 0.05) is 17.3 Å². The molecule has 0 spiro atoms. The molecule has 11 heteroatoms. The lowest BCUT2D eigenvalue weighted by molar-refractivity contribution is 0.0963. The number of nitrogens with zero attached hydrogens (tertiary/aromatic N) is 7. The van der Waals surface area contributed by atoms with Gasteiger partial charge in [-0.15, -0.1) is 10.2 Å². The highest BCUT2D eigenvalue weighted by Gasteiger charge is 2.32. The SMILES string of the molecule is CCN(CC)CCCn1nnc(-c2ccc(-c3ccc(N4C[C@H](CO)OC4=O)cc3F)cn2)n1. The topological polar surface area (TPSA) is 110 Å². The Kier molecular flexibility index (Phi) is 7.43. The molecule has 0 bridgehead atoms. The zero-order chi connectivity index (χ0) is 24.1. The molecule has 4 rings (SSSR count). The van der Waals surface area contributed by atoms with Gasteiger partial charge in [0.1, 0.15) is 17.6 Å². The number of amides is 1. The van der Waals surface area contributed by atoms with Gasteiger partial charge in [-0.1, -0.05) is 19.9 Å². The molecule has 1 amide bonds. The number of anilines is 1. The van der Waals surface area contributed by atoms with Gasteiger partial charge >= 0.3 is 6.09 Å². The van der Waals surface area contributed by atoms with Crippen molar-refractivity contribution in [3.63, 3.8) is 0 Å². The van der Waals surface area contributed by atoms with Crippen LogP contribution in [-0.2, 0) is 11.3 Å². The third-order valence-electron chi connectivity index (χ3n) is 5.83. The average Bonchev–Trinajstić information content (AvgIpc) is 3.48. The minimum atomic E-state index is -0.610. The maximum absolute atomic E-state index is 14.9. The standard InChI is InChI=1S/C23H28FN7O3/c1-3-29(4-2)10-5-11-31-27-22(26-28-31)21-9-6-16(13-25-21)19-8-7-17(12-20(19)24)30-14-18(15-32)34-23(30)33/h6-9,12-13,18,32H,3-5,10-11,14-15H2,1-2H3/t18-/m1/s1. The molecule has 0 unspecified atom stereocenters. The van der Waals surface area contributed by atoms with Gasteiger partial charge in [0.15, 0.2) is 0 Å². The number of pyridine rings is 1. The van der Waals surface area contributed by atoms with E-state index in [0.29, 0.717) is 34.9 Å². The molecule has 1 aliphatic rings. The Morgan fingerprint density at radius 1 is 1.24 bits per heavy atom. The number of ether oxygens (including phenoxy) is 1. The first-order valence-electron chi connectivity index (χ1n) is 11.4. The second kappa shape index (κ2) is 10.7. The summed E-state index contributed by atoms with van der Waals surface area (Å²) in [6, 6.07) is 7.97. The molecule has 3 heterocycles. The second-order valence-electron chi connectivity index (χ2n) is 7.98. The van der Waals surface area contributed by atoms with Gasteiger partial charge in [0.05, 0.1) is 25.4 Å². The van der Waals surface area contributed by atoms with Crippen molar-refractivity contribution in [1.82, 2.24) is 30.1 Å². The predicted molar refractivity (Wildman–Crippen MR) is 124 cm³/mol. The second-order valence-corrected chi connectivity index (χ2v) is 7.98. The summed E-state index contributed by atoms with van der Waals surface area (Å²) in [4.78, 5) is 21.5. The van der Waals surface area contributed by atoms with E-state index >= 15 is 0 Å². The molecule has 1 atom stereocenters. The van der Waals surface area contributed by atoms with Crippen LogP contribution < -0.4 is 4.90 Å². The number of tetrazole rings is 1. The molecule has 10 nitrogen and oxygen atoms in total. The lowest BCUT2D eigenvalue weighted by Crippen LogP contribution is -2.25. The van der Waals surface area contributed by atoms with Crippen LogP contribution >= 0.6 is 0 Å². The molecule has 0 saturated carbocycles. The number of rotatable bonds is 10. The van der Waals surface area contributed by atoms with Gasteiger partial charge in [-0.25, -0.2) is 9.18 Å². The van der Waals surface area contributed by atoms with Crippen molar-refractivity contribution in [2.24, 2.45) is 0 Å². The zero-order valence-corrected chi connectivity index (χ0v) is 19.3. The van der Waals surface area contributed by atoms with Gasteiger partial charge in [-0.2, -0.15) is 4.80 Å². The number of hydrogen-bond acceptors (Lipinski definition) is 8. The molecule has 1 aliphatic heterocycles.